The quantitative estimate of drug-likeness (QED) is 0.881. The van der Waals surface area contributed by atoms with E-state index >= 15 is 0 Å². The van der Waals surface area contributed by atoms with Crippen molar-refractivity contribution in [2.75, 3.05) is 11.9 Å². The molecule has 0 radical (unpaired) electrons. The maximum atomic E-state index is 12.2. The summed E-state index contributed by atoms with van der Waals surface area (Å²) in [5.74, 6) is -0.653. The van der Waals surface area contributed by atoms with Crippen molar-refractivity contribution in [1.29, 1.82) is 0 Å². The number of aromatic nitrogens is 1. The first-order valence-corrected chi connectivity index (χ1v) is 7.35. The van der Waals surface area contributed by atoms with Gasteiger partial charge in [-0.2, -0.15) is 0 Å². The molecule has 0 fully saturated rings. The molecule has 2 rings (SSSR count). The number of carbonyl (C=O) groups is 2. The van der Waals surface area contributed by atoms with Gasteiger partial charge in [-0.15, -0.1) is 11.3 Å². The first-order chi connectivity index (χ1) is 10.0. The standard InChI is InChI=1S/C15H16N2O3S/c1-4-20-15(19)13-10(3)8-11(21-13)17-14(18)12-9(2)6-5-7-16-12/h5-8H,4H2,1-3H3,(H,17,18). The Kier molecular flexibility index (Phi) is 4.70. The van der Waals surface area contributed by atoms with Crippen LogP contribution in [0, 0.1) is 13.8 Å². The number of nitrogens with zero attached hydrogens (tertiary/aromatic N) is 1. The van der Waals surface area contributed by atoms with Crippen LogP contribution in [-0.2, 0) is 4.74 Å². The zero-order valence-electron chi connectivity index (χ0n) is 12.1. The smallest absolute Gasteiger partial charge is 0.348 e. The molecule has 21 heavy (non-hydrogen) atoms. The van der Waals surface area contributed by atoms with Crippen LogP contribution in [-0.4, -0.2) is 23.5 Å². The van der Waals surface area contributed by atoms with Crippen LogP contribution in [0.25, 0.3) is 0 Å². The van der Waals surface area contributed by atoms with E-state index in [1.807, 2.05) is 19.9 Å². The number of hydrogen-bond donors (Lipinski definition) is 1. The summed E-state index contributed by atoms with van der Waals surface area (Å²) >= 11 is 1.20. The molecule has 1 amide bonds. The van der Waals surface area contributed by atoms with Gasteiger partial charge >= 0.3 is 5.97 Å². The Hall–Kier alpha value is -2.21. The second-order valence-corrected chi connectivity index (χ2v) is 5.52. The van der Waals surface area contributed by atoms with E-state index in [0.29, 0.717) is 22.2 Å². The van der Waals surface area contributed by atoms with Gasteiger partial charge in [0.1, 0.15) is 10.6 Å². The molecule has 0 spiro atoms. The molecular weight excluding hydrogens is 288 g/mol. The monoisotopic (exact) mass is 304 g/mol. The highest BCUT2D eigenvalue weighted by Gasteiger charge is 2.17. The van der Waals surface area contributed by atoms with Gasteiger partial charge in [-0.25, -0.2) is 4.79 Å². The van der Waals surface area contributed by atoms with Gasteiger partial charge in [0, 0.05) is 6.20 Å². The molecule has 2 aromatic heterocycles. The van der Waals surface area contributed by atoms with Crippen LogP contribution in [0.3, 0.4) is 0 Å². The molecule has 0 aliphatic carbocycles. The SMILES string of the molecule is CCOC(=O)c1sc(NC(=O)c2ncccc2C)cc1C. The van der Waals surface area contributed by atoms with Gasteiger partial charge in [0.05, 0.1) is 11.6 Å². The molecule has 0 saturated carbocycles. The Balaban J connectivity index is 2.17. The lowest BCUT2D eigenvalue weighted by atomic mass is 10.2. The third kappa shape index (κ3) is 3.46. The molecule has 6 heteroatoms. The molecule has 0 aromatic carbocycles. The molecule has 0 atom stereocenters. The highest BCUT2D eigenvalue weighted by atomic mass is 32.1. The highest BCUT2D eigenvalue weighted by molar-refractivity contribution is 7.18. The lowest BCUT2D eigenvalue weighted by Crippen LogP contribution is -2.14. The van der Waals surface area contributed by atoms with E-state index in [4.69, 9.17) is 4.74 Å². The fourth-order valence-electron chi connectivity index (χ4n) is 1.84. The Morgan fingerprint density at radius 2 is 2.10 bits per heavy atom. The van der Waals surface area contributed by atoms with Crippen molar-refractivity contribution in [2.45, 2.75) is 20.8 Å². The molecule has 1 N–H and O–H groups in total. The van der Waals surface area contributed by atoms with Crippen LogP contribution >= 0.6 is 11.3 Å². The number of thiophene rings is 1. The summed E-state index contributed by atoms with van der Waals surface area (Å²) in [7, 11) is 0. The van der Waals surface area contributed by atoms with Crippen molar-refractivity contribution in [2.24, 2.45) is 0 Å². The molecule has 0 aliphatic rings. The number of pyridine rings is 1. The summed E-state index contributed by atoms with van der Waals surface area (Å²) in [6.07, 6.45) is 1.58. The van der Waals surface area contributed by atoms with Crippen LogP contribution in [0.4, 0.5) is 5.00 Å². The normalized spacial score (nSPS) is 10.2. The summed E-state index contributed by atoms with van der Waals surface area (Å²) in [6.45, 7) is 5.72. The van der Waals surface area contributed by atoms with E-state index < -0.39 is 0 Å². The molecule has 2 aromatic rings. The average Bonchev–Trinajstić information content (AvgIpc) is 2.80. The zero-order valence-corrected chi connectivity index (χ0v) is 12.9. The molecule has 0 bridgehead atoms. The third-order valence-corrected chi connectivity index (χ3v) is 3.97. The molecule has 0 aliphatic heterocycles. The highest BCUT2D eigenvalue weighted by Crippen LogP contribution is 2.27. The average molecular weight is 304 g/mol. The Morgan fingerprint density at radius 3 is 2.76 bits per heavy atom. The van der Waals surface area contributed by atoms with Gasteiger partial charge in [-0.3, -0.25) is 9.78 Å². The van der Waals surface area contributed by atoms with E-state index in [0.717, 1.165) is 11.1 Å². The lowest BCUT2D eigenvalue weighted by molar-refractivity contribution is 0.0531. The van der Waals surface area contributed by atoms with Crippen LogP contribution in [0.15, 0.2) is 24.4 Å². The summed E-state index contributed by atoms with van der Waals surface area (Å²) in [5, 5.41) is 3.37. The second-order valence-electron chi connectivity index (χ2n) is 4.47. The van der Waals surface area contributed by atoms with Crippen molar-refractivity contribution >= 4 is 28.2 Å². The third-order valence-electron chi connectivity index (χ3n) is 2.84. The van der Waals surface area contributed by atoms with Crippen molar-refractivity contribution in [3.8, 4) is 0 Å². The lowest BCUT2D eigenvalue weighted by Gasteiger charge is -2.04. The van der Waals surface area contributed by atoms with Gasteiger partial charge in [0.15, 0.2) is 0 Å². The van der Waals surface area contributed by atoms with Gasteiger partial charge in [-0.1, -0.05) is 6.07 Å². The molecule has 110 valence electrons. The minimum Gasteiger partial charge on any atom is -0.462 e. The van der Waals surface area contributed by atoms with Gasteiger partial charge < -0.3 is 10.1 Å². The summed E-state index contributed by atoms with van der Waals surface area (Å²) in [6, 6.07) is 5.36. The predicted octanol–water partition coefficient (Wildman–Crippen LogP) is 3.19. The number of rotatable bonds is 4. The van der Waals surface area contributed by atoms with Gasteiger partial charge in [0.25, 0.3) is 5.91 Å². The van der Waals surface area contributed by atoms with Crippen LogP contribution in [0.5, 0.6) is 0 Å². The largest absolute Gasteiger partial charge is 0.462 e. The molecule has 2 heterocycles. The summed E-state index contributed by atoms with van der Waals surface area (Å²) < 4.78 is 4.98. The van der Waals surface area contributed by atoms with Crippen molar-refractivity contribution in [1.82, 2.24) is 4.98 Å². The van der Waals surface area contributed by atoms with E-state index in [1.54, 1.807) is 25.3 Å². The van der Waals surface area contributed by atoms with E-state index in [1.165, 1.54) is 11.3 Å². The zero-order chi connectivity index (χ0) is 15.4. The Labute approximate surface area is 127 Å². The number of esters is 1. The molecular formula is C15H16N2O3S. The molecule has 0 unspecified atom stereocenters. The maximum absolute atomic E-state index is 12.2. The first-order valence-electron chi connectivity index (χ1n) is 6.53. The number of ether oxygens (including phenoxy) is 1. The number of carbonyl (C=O) groups excluding carboxylic acids is 2. The number of amides is 1. The fraction of sp³-hybridized carbons (Fsp3) is 0.267. The van der Waals surface area contributed by atoms with Gasteiger partial charge in [-0.05, 0) is 44.0 Å². The van der Waals surface area contributed by atoms with E-state index in [9.17, 15) is 9.59 Å². The first kappa shape index (κ1) is 15.2. The summed E-state index contributed by atoms with van der Waals surface area (Å²) in [5.41, 5.74) is 1.96. The van der Waals surface area contributed by atoms with E-state index in [2.05, 4.69) is 10.3 Å². The van der Waals surface area contributed by atoms with Crippen LogP contribution < -0.4 is 5.32 Å². The Bertz CT molecular complexity index is 679. The number of anilines is 1. The topological polar surface area (TPSA) is 68.3 Å². The van der Waals surface area contributed by atoms with Crippen molar-refractivity contribution < 1.29 is 14.3 Å². The predicted molar refractivity (Wildman–Crippen MR) is 81.9 cm³/mol. The minimum atomic E-state index is -0.366. The molecule has 5 nitrogen and oxygen atoms in total. The van der Waals surface area contributed by atoms with E-state index in [-0.39, 0.29) is 11.9 Å². The van der Waals surface area contributed by atoms with Crippen molar-refractivity contribution in [3.63, 3.8) is 0 Å². The maximum Gasteiger partial charge on any atom is 0.348 e. The van der Waals surface area contributed by atoms with Crippen LogP contribution in [0.2, 0.25) is 0 Å². The van der Waals surface area contributed by atoms with Crippen LogP contribution in [0.1, 0.15) is 38.2 Å². The number of nitrogens with one attached hydrogen (secondary N) is 1. The fourth-order valence-corrected chi connectivity index (χ4v) is 2.80. The molecule has 0 saturated heterocycles. The van der Waals surface area contributed by atoms with Gasteiger partial charge in [0.2, 0.25) is 0 Å². The summed E-state index contributed by atoms with van der Waals surface area (Å²) in [4.78, 5) is 28.5. The van der Waals surface area contributed by atoms with Crippen molar-refractivity contribution in [3.05, 3.63) is 46.1 Å². The second kappa shape index (κ2) is 6.49. The number of hydrogen-bond acceptors (Lipinski definition) is 5. The minimum absolute atomic E-state index is 0.287. The number of aryl methyl sites for hydroxylation is 2. The Morgan fingerprint density at radius 1 is 1.33 bits per heavy atom.